The van der Waals surface area contributed by atoms with Crippen molar-refractivity contribution >= 4 is 17.4 Å². The maximum absolute atomic E-state index is 12.9. The van der Waals surface area contributed by atoms with E-state index in [1.807, 2.05) is 0 Å². The molecule has 1 heterocycles. The number of aliphatic hydroxyl groups is 2. The second kappa shape index (κ2) is 9.61. The van der Waals surface area contributed by atoms with Gasteiger partial charge in [-0.25, -0.2) is 0 Å². The Hall–Kier alpha value is -3.72. The molecule has 1 fully saturated rings. The molecule has 0 unspecified atom stereocenters. The van der Waals surface area contributed by atoms with E-state index in [9.17, 15) is 19.8 Å². The molecule has 1 amide bonds. The summed E-state index contributed by atoms with van der Waals surface area (Å²) in [4.78, 5) is 26.9. The van der Waals surface area contributed by atoms with Gasteiger partial charge in [-0.1, -0.05) is 0 Å². The number of aliphatic hydroxyl groups excluding tert-OH is 2. The zero-order valence-electron chi connectivity index (χ0n) is 18.2. The Bertz CT molecular complexity index is 1020. The number of amides is 1. The van der Waals surface area contributed by atoms with Gasteiger partial charge in [0.2, 0.25) is 5.75 Å². The van der Waals surface area contributed by atoms with Crippen molar-refractivity contribution in [3.05, 3.63) is 53.1 Å². The smallest absolute Gasteiger partial charge is 0.295 e. The van der Waals surface area contributed by atoms with Gasteiger partial charge in [-0.2, -0.15) is 0 Å². The van der Waals surface area contributed by atoms with Crippen molar-refractivity contribution in [1.29, 1.82) is 0 Å². The van der Waals surface area contributed by atoms with Gasteiger partial charge in [0.25, 0.3) is 11.7 Å². The molecule has 0 saturated carbocycles. The zero-order valence-corrected chi connectivity index (χ0v) is 18.2. The summed E-state index contributed by atoms with van der Waals surface area (Å²) in [5, 5.41) is 20.5. The lowest BCUT2D eigenvalue weighted by Gasteiger charge is -2.26. The number of hydrogen-bond acceptors (Lipinski definition) is 8. The molecule has 3 rings (SSSR count). The largest absolute Gasteiger partial charge is 0.507 e. The minimum atomic E-state index is -0.974. The SMILES string of the molecule is COc1ccc(/C(O)=C2\C(=O)C(=O)N(CCO)[C@@H]2c2cc(OC)c(OC)c(OC)c2)cc1. The Labute approximate surface area is 185 Å². The number of hydrogen-bond donors (Lipinski definition) is 2. The fourth-order valence-electron chi connectivity index (χ4n) is 3.73. The van der Waals surface area contributed by atoms with Crippen LogP contribution in [-0.4, -0.2) is 68.4 Å². The minimum absolute atomic E-state index is 0.106. The van der Waals surface area contributed by atoms with Gasteiger partial charge >= 0.3 is 0 Å². The predicted octanol–water partition coefficient (Wildman–Crippen LogP) is 2.14. The van der Waals surface area contributed by atoms with E-state index in [0.29, 0.717) is 34.1 Å². The van der Waals surface area contributed by atoms with Crippen LogP contribution in [0.3, 0.4) is 0 Å². The first-order chi connectivity index (χ1) is 15.4. The Morgan fingerprint density at radius 2 is 1.53 bits per heavy atom. The average Bonchev–Trinajstić information content (AvgIpc) is 3.07. The topological polar surface area (TPSA) is 115 Å². The second-order valence-corrected chi connectivity index (χ2v) is 6.90. The van der Waals surface area contributed by atoms with Crippen molar-refractivity contribution < 1.29 is 38.7 Å². The van der Waals surface area contributed by atoms with Crippen molar-refractivity contribution in [2.24, 2.45) is 0 Å². The number of carbonyl (C=O) groups excluding carboxylic acids is 2. The Kier molecular flexibility index (Phi) is 6.89. The highest BCUT2D eigenvalue weighted by Crippen LogP contribution is 2.45. The van der Waals surface area contributed by atoms with E-state index in [1.165, 1.54) is 33.3 Å². The second-order valence-electron chi connectivity index (χ2n) is 6.90. The maximum atomic E-state index is 12.9. The molecule has 1 aliphatic heterocycles. The fraction of sp³-hybridized carbons (Fsp3) is 0.304. The van der Waals surface area contributed by atoms with Crippen LogP contribution in [0.5, 0.6) is 23.0 Å². The van der Waals surface area contributed by atoms with Gasteiger partial charge < -0.3 is 34.1 Å². The molecule has 170 valence electrons. The third kappa shape index (κ3) is 3.94. The number of methoxy groups -OCH3 is 4. The number of benzene rings is 2. The van der Waals surface area contributed by atoms with Crippen molar-refractivity contribution in [2.45, 2.75) is 6.04 Å². The molecule has 2 aromatic rings. The summed E-state index contributed by atoms with van der Waals surface area (Å²) < 4.78 is 21.3. The van der Waals surface area contributed by atoms with Crippen LogP contribution in [0.1, 0.15) is 17.2 Å². The number of rotatable bonds is 8. The van der Waals surface area contributed by atoms with Crippen LogP contribution in [0.15, 0.2) is 42.0 Å². The molecule has 1 atom stereocenters. The standard InChI is InChI=1S/C23H25NO8/c1-29-15-7-5-13(6-8-15)20(26)18-19(24(9-10-25)23(28)21(18)27)14-11-16(30-2)22(32-4)17(12-14)31-3/h5-8,11-12,19,25-26H,9-10H2,1-4H3/b20-18+/t19-/m1/s1. The molecule has 2 aromatic carbocycles. The molecule has 9 heteroatoms. The number of likely N-dealkylation sites (tertiary alicyclic amines) is 1. The maximum Gasteiger partial charge on any atom is 0.295 e. The molecule has 2 N–H and O–H groups in total. The van der Waals surface area contributed by atoms with E-state index in [0.717, 1.165) is 0 Å². The number of Topliss-reactive ketones (excluding diaryl/α,β-unsaturated/α-hetero) is 1. The highest BCUT2D eigenvalue weighted by atomic mass is 16.5. The van der Waals surface area contributed by atoms with Crippen molar-refractivity contribution in [3.63, 3.8) is 0 Å². The van der Waals surface area contributed by atoms with Crippen molar-refractivity contribution in [1.82, 2.24) is 4.90 Å². The van der Waals surface area contributed by atoms with Crippen LogP contribution >= 0.6 is 0 Å². The Morgan fingerprint density at radius 3 is 2.00 bits per heavy atom. The van der Waals surface area contributed by atoms with E-state index in [4.69, 9.17) is 18.9 Å². The van der Waals surface area contributed by atoms with Crippen LogP contribution in [0, 0.1) is 0 Å². The molecule has 0 bridgehead atoms. The molecule has 1 saturated heterocycles. The van der Waals surface area contributed by atoms with E-state index in [2.05, 4.69) is 0 Å². The molecule has 0 aromatic heterocycles. The first-order valence-electron chi connectivity index (χ1n) is 9.75. The minimum Gasteiger partial charge on any atom is -0.507 e. The number of nitrogens with zero attached hydrogens (tertiary/aromatic N) is 1. The van der Waals surface area contributed by atoms with Crippen molar-refractivity contribution in [3.8, 4) is 23.0 Å². The molecular weight excluding hydrogens is 418 g/mol. The zero-order chi connectivity index (χ0) is 23.4. The van der Waals surface area contributed by atoms with Crippen LogP contribution in [0.4, 0.5) is 0 Å². The molecule has 1 aliphatic rings. The number of ketones is 1. The molecule has 0 spiro atoms. The lowest BCUT2D eigenvalue weighted by molar-refractivity contribution is -0.140. The monoisotopic (exact) mass is 443 g/mol. The first-order valence-corrected chi connectivity index (χ1v) is 9.75. The summed E-state index contributed by atoms with van der Waals surface area (Å²) in [6.07, 6.45) is 0. The lowest BCUT2D eigenvalue weighted by atomic mass is 9.94. The van der Waals surface area contributed by atoms with Crippen LogP contribution < -0.4 is 18.9 Å². The summed E-state index contributed by atoms with van der Waals surface area (Å²) in [7, 11) is 5.87. The van der Waals surface area contributed by atoms with E-state index >= 15 is 0 Å². The van der Waals surface area contributed by atoms with Crippen molar-refractivity contribution in [2.75, 3.05) is 41.6 Å². The summed E-state index contributed by atoms with van der Waals surface area (Å²) in [5.74, 6) is -0.471. The van der Waals surface area contributed by atoms with Gasteiger partial charge in [-0.3, -0.25) is 9.59 Å². The normalized spacial score (nSPS) is 17.4. The summed E-state index contributed by atoms with van der Waals surface area (Å²) in [6, 6.07) is 8.66. The highest BCUT2D eigenvalue weighted by molar-refractivity contribution is 6.46. The highest BCUT2D eigenvalue weighted by Gasteiger charge is 2.46. The first kappa shape index (κ1) is 23.0. The molecule has 9 nitrogen and oxygen atoms in total. The third-order valence-electron chi connectivity index (χ3n) is 5.25. The Balaban J connectivity index is 2.24. The molecule has 32 heavy (non-hydrogen) atoms. The summed E-state index contributed by atoms with van der Waals surface area (Å²) in [5.41, 5.74) is 0.676. The number of ether oxygens (including phenoxy) is 4. The quantitative estimate of drug-likeness (QED) is 0.362. The van der Waals surface area contributed by atoms with E-state index in [1.54, 1.807) is 36.4 Å². The van der Waals surface area contributed by atoms with Gasteiger partial charge in [-0.15, -0.1) is 0 Å². The van der Waals surface area contributed by atoms with Crippen LogP contribution in [-0.2, 0) is 9.59 Å². The number of β-amino-alcohol motifs (C(OH)–C–C–N with tert-alkyl or cyclic N) is 1. The van der Waals surface area contributed by atoms with Gasteiger partial charge in [0.05, 0.1) is 46.7 Å². The van der Waals surface area contributed by atoms with Gasteiger partial charge in [-0.05, 0) is 42.0 Å². The van der Waals surface area contributed by atoms with Gasteiger partial charge in [0, 0.05) is 12.1 Å². The summed E-state index contributed by atoms with van der Waals surface area (Å²) >= 11 is 0. The van der Waals surface area contributed by atoms with Crippen LogP contribution in [0.2, 0.25) is 0 Å². The average molecular weight is 443 g/mol. The van der Waals surface area contributed by atoms with E-state index < -0.39 is 17.7 Å². The lowest BCUT2D eigenvalue weighted by Crippen LogP contribution is -2.32. The molecule has 0 aliphatic carbocycles. The van der Waals surface area contributed by atoms with E-state index in [-0.39, 0.29) is 24.5 Å². The fourth-order valence-corrected chi connectivity index (χ4v) is 3.73. The van der Waals surface area contributed by atoms with Gasteiger partial charge in [0.1, 0.15) is 11.5 Å². The third-order valence-corrected chi connectivity index (χ3v) is 5.25. The molecule has 0 radical (unpaired) electrons. The number of carbonyl (C=O) groups is 2. The molecular formula is C23H25NO8. The summed E-state index contributed by atoms with van der Waals surface area (Å²) in [6.45, 7) is -0.470. The van der Waals surface area contributed by atoms with Crippen LogP contribution in [0.25, 0.3) is 5.76 Å². The van der Waals surface area contributed by atoms with Gasteiger partial charge in [0.15, 0.2) is 11.5 Å². The Morgan fingerprint density at radius 1 is 0.938 bits per heavy atom. The predicted molar refractivity (Wildman–Crippen MR) is 115 cm³/mol.